The summed E-state index contributed by atoms with van der Waals surface area (Å²) >= 11 is 0. The van der Waals surface area contributed by atoms with Crippen LogP contribution in [0.5, 0.6) is 0 Å². The van der Waals surface area contributed by atoms with Crippen molar-refractivity contribution < 1.29 is 40.7 Å². The molecule has 1 unspecified atom stereocenters. The Morgan fingerprint density at radius 1 is 1.03 bits per heavy atom. The van der Waals surface area contributed by atoms with Crippen LogP contribution in [-0.4, -0.2) is 55.6 Å². The number of carbonyl (C=O) groups is 2. The molecule has 1 atom stereocenters. The van der Waals surface area contributed by atoms with Crippen LogP contribution in [0, 0.1) is 5.92 Å². The molecule has 2 aliphatic rings. The molecular formula is C20H23F6N3O3. The van der Waals surface area contributed by atoms with Crippen molar-refractivity contribution in [2.45, 2.75) is 37.7 Å². The summed E-state index contributed by atoms with van der Waals surface area (Å²) in [5, 5.41) is 5.23. The Labute approximate surface area is 180 Å². The van der Waals surface area contributed by atoms with Crippen molar-refractivity contribution in [3.63, 3.8) is 0 Å². The number of halogens is 6. The van der Waals surface area contributed by atoms with Gasteiger partial charge in [-0.1, -0.05) is 0 Å². The average Bonchev–Trinajstić information content (AvgIpc) is 2.73. The highest BCUT2D eigenvalue weighted by Gasteiger charge is 2.37. The molecule has 0 bridgehead atoms. The zero-order valence-electron chi connectivity index (χ0n) is 17.0. The predicted molar refractivity (Wildman–Crippen MR) is 102 cm³/mol. The first-order valence-corrected chi connectivity index (χ1v) is 10.1. The Kier molecular flexibility index (Phi) is 7.33. The zero-order chi connectivity index (χ0) is 23.5. The van der Waals surface area contributed by atoms with Gasteiger partial charge < -0.3 is 20.3 Å². The van der Waals surface area contributed by atoms with Gasteiger partial charge in [-0.15, -0.1) is 0 Å². The molecule has 32 heavy (non-hydrogen) atoms. The predicted octanol–water partition coefficient (Wildman–Crippen LogP) is 3.28. The van der Waals surface area contributed by atoms with Gasteiger partial charge in [-0.05, 0) is 37.0 Å². The maximum absolute atomic E-state index is 13.0. The minimum atomic E-state index is -4.99. The van der Waals surface area contributed by atoms with E-state index in [4.69, 9.17) is 4.74 Å². The van der Waals surface area contributed by atoms with Gasteiger partial charge in [0.25, 0.3) is 5.91 Å². The summed E-state index contributed by atoms with van der Waals surface area (Å²) in [6, 6.07) is 0.965. The van der Waals surface area contributed by atoms with Gasteiger partial charge in [0.05, 0.1) is 17.7 Å². The van der Waals surface area contributed by atoms with Crippen molar-refractivity contribution in [1.82, 2.24) is 10.2 Å². The van der Waals surface area contributed by atoms with Crippen LogP contribution in [0.2, 0.25) is 0 Å². The zero-order valence-corrected chi connectivity index (χ0v) is 17.0. The standard InChI is InChI=1S/C20H23F6N3O3/c21-19(22,23)13-8-14(20(24,25)26)10-15(9-13)28-17(30)7-12-1-4-29(5-2-12)18(31)16-11-27-3-6-32-16/h8-10,12,16,27H,1-7,11H2,(H,28,30). The van der Waals surface area contributed by atoms with Gasteiger partial charge in [-0.25, -0.2) is 0 Å². The van der Waals surface area contributed by atoms with Gasteiger partial charge >= 0.3 is 12.4 Å². The number of piperidine rings is 1. The van der Waals surface area contributed by atoms with Crippen molar-refractivity contribution in [2.24, 2.45) is 5.92 Å². The lowest BCUT2D eigenvalue weighted by molar-refractivity contribution is -0.147. The van der Waals surface area contributed by atoms with E-state index in [1.54, 1.807) is 4.90 Å². The molecule has 2 saturated heterocycles. The normalized spacial score (nSPS) is 20.8. The lowest BCUT2D eigenvalue weighted by Crippen LogP contribution is -2.51. The summed E-state index contributed by atoms with van der Waals surface area (Å²) in [7, 11) is 0. The summed E-state index contributed by atoms with van der Waals surface area (Å²) in [4.78, 5) is 26.4. The Balaban J connectivity index is 1.56. The third-order valence-corrected chi connectivity index (χ3v) is 5.47. The molecule has 12 heteroatoms. The summed E-state index contributed by atoms with van der Waals surface area (Å²) in [6.07, 6.45) is -9.60. The summed E-state index contributed by atoms with van der Waals surface area (Å²) in [5.74, 6) is -0.955. The number of anilines is 1. The van der Waals surface area contributed by atoms with Gasteiger partial charge in [-0.3, -0.25) is 9.59 Å². The lowest BCUT2D eigenvalue weighted by Gasteiger charge is -2.35. The van der Waals surface area contributed by atoms with Crippen LogP contribution in [0.3, 0.4) is 0 Å². The largest absolute Gasteiger partial charge is 0.416 e. The first kappa shape index (κ1) is 24.3. The van der Waals surface area contributed by atoms with Gasteiger partial charge in [0.1, 0.15) is 6.10 Å². The Bertz CT molecular complexity index is 797. The van der Waals surface area contributed by atoms with E-state index in [2.05, 4.69) is 10.6 Å². The van der Waals surface area contributed by atoms with Crippen LogP contribution < -0.4 is 10.6 Å². The van der Waals surface area contributed by atoms with Crippen molar-refractivity contribution >= 4 is 17.5 Å². The molecule has 1 aromatic carbocycles. The van der Waals surface area contributed by atoms with E-state index >= 15 is 0 Å². The highest BCUT2D eigenvalue weighted by atomic mass is 19.4. The molecule has 178 valence electrons. The fourth-order valence-electron chi connectivity index (χ4n) is 3.79. The number of ether oxygens (including phenoxy) is 1. The fraction of sp³-hybridized carbons (Fsp3) is 0.600. The second-order valence-corrected chi connectivity index (χ2v) is 7.88. The van der Waals surface area contributed by atoms with Gasteiger partial charge in [0.2, 0.25) is 5.91 Å². The van der Waals surface area contributed by atoms with E-state index in [9.17, 15) is 35.9 Å². The van der Waals surface area contributed by atoms with E-state index in [0.717, 1.165) is 0 Å². The van der Waals surface area contributed by atoms with Crippen LogP contribution in [0.15, 0.2) is 18.2 Å². The van der Waals surface area contributed by atoms with E-state index in [0.29, 0.717) is 57.8 Å². The van der Waals surface area contributed by atoms with Crippen LogP contribution in [-0.2, 0) is 26.7 Å². The van der Waals surface area contributed by atoms with Crippen LogP contribution in [0.4, 0.5) is 32.0 Å². The molecule has 2 aliphatic heterocycles. The highest BCUT2D eigenvalue weighted by molar-refractivity contribution is 5.91. The summed E-state index contributed by atoms with van der Waals surface area (Å²) in [6.45, 7) is 2.35. The van der Waals surface area contributed by atoms with E-state index in [1.165, 1.54) is 0 Å². The van der Waals surface area contributed by atoms with Crippen LogP contribution >= 0.6 is 0 Å². The number of likely N-dealkylation sites (tertiary alicyclic amines) is 1. The van der Waals surface area contributed by atoms with Crippen molar-refractivity contribution in [2.75, 3.05) is 38.1 Å². The monoisotopic (exact) mass is 467 g/mol. The quantitative estimate of drug-likeness (QED) is 0.667. The first-order valence-electron chi connectivity index (χ1n) is 10.1. The number of nitrogens with one attached hydrogen (secondary N) is 2. The van der Waals surface area contributed by atoms with Crippen molar-refractivity contribution in [3.8, 4) is 0 Å². The molecule has 0 spiro atoms. The van der Waals surface area contributed by atoms with E-state index in [1.807, 2.05) is 0 Å². The molecule has 2 amide bonds. The molecule has 3 rings (SSSR count). The number of hydrogen-bond donors (Lipinski definition) is 2. The molecule has 6 nitrogen and oxygen atoms in total. The third-order valence-electron chi connectivity index (χ3n) is 5.47. The molecule has 1 aromatic rings. The van der Waals surface area contributed by atoms with Crippen molar-refractivity contribution in [1.29, 1.82) is 0 Å². The Morgan fingerprint density at radius 2 is 1.62 bits per heavy atom. The maximum Gasteiger partial charge on any atom is 0.416 e. The SMILES string of the molecule is O=C(CC1CCN(C(=O)C2CNCCO2)CC1)Nc1cc(C(F)(F)F)cc(C(F)(F)F)c1. The maximum atomic E-state index is 13.0. The van der Waals surface area contributed by atoms with Gasteiger partial charge in [-0.2, -0.15) is 26.3 Å². The Morgan fingerprint density at radius 3 is 2.12 bits per heavy atom. The Hall–Kier alpha value is -2.34. The molecule has 2 fully saturated rings. The summed E-state index contributed by atoms with van der Waals surface area (Å²) < 4.78 is 83.2. The second-order valence-electron chi connectivity index (χ2n) is 7.88. The molecule has 0 saturated carbocycles. The molecule has 2 heterocycles. The molecule has 0 radical (unpaired) electrons. The van der Waals surface area contributed by atoms with Gasteiger partial charge in [0, 0.05) is 38.3 Å². The lowest BCUT2D eigenvalue weighted by atomic mass is 9.93. The smallest absolute Gasteiger partial charge is 0.366 e. The molecule has 2 N–H and O–H groups in total. The average molecular weight is 467 g/mol. The van der Waals surface area contributed by atoms with E-state index < -0.39 is 41.2 Å². The van der Waals surface area contributed by atoms with Crippen LogP contribution in [0.1, 0.15) is 30.4 Å². The fourth-order valence-corrected chi connectivity index (χ4v) is 3.79. The summed E-state index contributed by atoms with van der Waals surface area (Å²) in [5.41, 5.74) is -3.55. The second kappa shape index (κ2) is 9.65. The number of benzene rings is 1. The topological polar surface area (TPSA) is 70.7 Å². The number of alkyl halides is 6. The van der Waals surface area contributed by atoms with Crippen LogP contribution in [0.25, 0.3) is 0 Å². The number of nitrogens with zero attached hydrogens (tertiary/aromatic N) is 1. The first-order chi connectivity index (χ1) is 14.9. The number of morpholine rings is 1. The minimum absolute atomic E-state index is 0.00788. The van der Waals surface area contributed by atoms with Gasteiger partial charge in [0.15, 0.2) is 0 Å². The number of hydrogen-bond acceptors (Lipinski definition) is 4. The molecule has 0 aromatic heterocycles. The number of carbonyl (C=O) groups excluding carboxylic acids is 2. The number of rotatable bonds is 4. The molecule has 0 aliphatic carbocycles. The number of amides is 2. The highest BCUT2D eigenvalue weighted by Crippen LogP contribution is 2.37. The third kappa shape index (κ3) is 6.35. The van der Waals surface area contributed by atoms with Crippen molar-refractivity contribution in [3.05, 3.63) is 29.3 Å². The van der Waals surface area contributed by atoms with E-state index in [-0.39, 0.29) is 24.3 Å². The molecular weight excluding hydrogens is 444 g/mol. The minimum Gasteiger partial charge on any atom is -0.366 e.